The van der Waals surface area contributed by atoms with Crippen LogP contribution in [-0.2, 0) is 9.84 Å². The minimum Gasteiger partial charge on any atom is -0.305 e. The van der Waals surface area contributed by atoms with E-state index in [1.807, 2.05) is 20.2 Å². The monoisotopic (exact) mass is 328 g/mol. The molecular formula is C13H16N2O2S3. The highest BCUT2D eigenvalue weighted by molar-refractivity contribution is 8.32. The second-order valence-electron chi connectivity index (χ2n) is 4.72. The molecule has 108 valence electrons. The lowest BCUT2D eigenvalue weighted by Gasteiger charge is -2.35. The van der Waals surface area contributed by atoms with Crippen LogP contribution < -0.4 is 0 Å². The van der Waals surface area contributed by atoms with E-state index in [9.17, 15) is 13.7 Å². The molecule has 1 aromatic carbocycles. The van der Waals surface area contributed by atoms with Gasteiger partial charge in [-0.2, -0.15) is 5.26 Å². The number of nitrogens with zero attached hydrogens (tertiary/aromatic N) is 2. The van der Waals surface area contributed by atoms with Crippen LogP contribution in [-0.4, -0.2) is 48.4 Å². The van der Waals surface area contributed by atoms with Gasteiger partial charge in [-0.3, -0.25) is 0 Å². The van der Waals surface area contributed by atoms with E-state index in [0.29, 0.717) is 11.5 Å². The Balaban J connectivity index is 2.33. The van der Waals surface area contributed by atoms with E-state index in [1.165, 1.54) is 23.5 Å². The molecule has 0 radical (unpaired) electrons. The second kappa shape index (κ2) is 5.98. The molecule has 0 aliphatic carbocycles. The average molecular weight is 328 g/mol. The summed E-state index contributed by atoms with van der Waals surface area (Å²) in [6, 6.07) is 10.5. The molecule has 0 aromatic heterocycles. The summed E-state index contributed by atoms with van der Waals surface area (Å²) in [6.45, 7) is 0. The summed E-state index contributed by atoms with van der Waals surface area (Å²) in [7, 11) is 0.262. The zero-order chi connectivity index (χ0) is 14.8. The van der Waals surface area contributed by atoms with E-state index in [2.05, 4.69) is 4.90 Å². The summed E-state index contributed by atoms with van der Waals surface area (Å²) >= 11 is 2.44. The van der Waals surface area contributed by atoms with Gasteiger partial charge >= 0.3 is 0 Å². The molecule has 4 nitrogen and oxygen atoms in total. The van der Waals surface area contributed by atoms with Gasteiger partial charge in [0.2, 0.25) is 9.84 Å². The van der Waals surface area contributed by atoms with Crippen LogP contribution >= 0.6 is 23.5 Å². The van der Waals surface area contributed by atoms with Crippen LogP contribution in [0, 0.1) is 11.3 Å². The van der Waals surface area contributed by atoms with Crippen LogP contribution in [0.15, 0.2) is 35.2 Å². The lowest BCUT2D eigenvalue weighted by atomic mass is 10.4. The van der Waals surface area contributed by atoms with Gasteiger partial charge in [0.15, 0.2) is 0 Å². The summed E-state index contributed by atoms with van der Waals surface area (Å²) in [5.41, 5.74) is 0. The van der Waals surface area contributed by atoms with Crippen LogP contribution in [0.1, 0.15) is 0 Å². The van der Waals surface area contributed by atoms with E-state index < -0.39 is 13.2 Å². The third kappa shape index (κ3) is 2.70. The molecule has 1 fully saturated rings. The summed E-state index contributed by atoms with van der Waals surface area (Å²) in [5, 5.41) is 9.48. The minimum atomic E-state index is -3.68. The van der Waals surface area contributed by atoms with Crippen molar-refractivity contribution in [3.05, 3.63) is 30.3 Å². The van der Waals surface area contributed by atoms with Gasteiger partial charge < -0.3 is 4.90 Å². The molecular weight excluding hydrogens is 312 g/mol. The van der Waals surface area contributed by atoms with Crippen LogP contribution in [0.2, 0.25) is 0 Å². The third-order valence-corrected chi connectivity index (χ3v) is 9.67. The second-order valence-corrected chi connectivity index (χ2v) is 10.1. The van der Waals surface area contributed by atoms with Gasteiger partial charge in [-0.25, -0.2) is 8.42 Å². The topological polar surface area (TPSA) is 61.2 Å². The number of rotatable bonds is 3. The Kier molecular flexibility index (Phi) is 4.69. The minimum absolute atomic E-state index is 0.213. The van der Waals surface area contributed by atoms with Crippen LogP contribution in [0.4, 0.5) is 0 Å². The smallest absolute Gasteiger partial charge is 0.253 e. The zero-order valence-corrected chi connectivity index (χ0v) is 13.8. The lowest BCUT2D eigenvalue weighted by molar-refractivity contribution is 0.343. The van der Waals surface area contributed by atoms with E-state index in [0.717, 1.165) is 0 Å². The van der Waals surface area contributed by atoms with Gasteiger partial charge in [0.1, 0.15) is 6.07 Å². The quantitative estimate of drug-likeness (QED) is 0.846. The number of benzene rings is 1. The number of thioether (sulfide) groups is 2. The molecule has 1 heterocycles. The highest BCUT2D eigenvalue weighted by Crippen LogP contribution is 2.48. The van der Waals surface area contributed by atoms with Crippen molar-refractivity contribution in [3.8, 4) is 6.07 Å². The van der Waals surface area contributed by atoms with Gasteiger partial charge in [0.05, 0.1) is 4.90 Å². The van der Waals surface area contributed by atoms with Crippen LogP contribution in [0.5, 0.6) is 0 Å². The maximum Gasteiger partial charge on any atom is 0.253 e. The fourth-order valence-electron chi connectivity index (χ4n) is 1.83. The lowest BCUT2D eigenvalue weighted by Crippen LogP contribution is -2.43. The first kappa shape index (κ1) is 15.7. The van der Waals surface area contributed by atoms with Crippen molar-refractivity contribution in [1.29, 1.82) is 5.26 Å². The predicted octanol–water partition coefficient (Wildman–Crippen LogP) is 2.05. The van der Waals surface area contributed by atoms with Crippen molar-refractivity contribution in [1.82, 2.24) is 4.90 Å². The largest absolute Gasteiger partial charge is 0.305 e. The first-order valence-electron chi connectivity index (χ1n) is 6.08. The van der Waals surface area contributed by atoms with E-state index in [4.69, 9.17) is 0 Å². The maximum atomic E-state index is 12.7. The highest BCUT2D eigenvalue weighted by atomic mass is 32.3. The van der Waals surface area contributed by atoms with Crippen molar-refractivity contribution >= 4 is 33.4 Å². The molecule has 1 aromatic rings. The Morgan fingerprint density at radius 2 is 1.80 bits per heavy atom. The zero-order valence-electron chi connectivity index (χ0n) is 11.3. The Morgan fingerprint density at radius 1 is 1.25 bits per heavy atom. The Bertz CT molecular complexity index is 600. The third-order valence-electron chi connectivity index (χ3n) is 3.21. The van der Waals surface area contributed by atoms with Gasteiger partial charge in [-0.15, -0.1) is 23.5 Å². The van der Waals surface area contributed by atoms with E-state index in [-0.39, 0.29) is 10.9 Å². The van der Waals surface area contributed by atoms with Crippen molar-refractivity contribution in [2.45, 2.75) is 14.3 Å². The highest BCUT2D eigenvalue weighted by Gasteiger charge is 2.49. The number of nitriles is 1. The molecule has 1 aliphatic rings. The Labute approximate surface area is 128 Å². The summed E-state index contributed by atoms with van der Waals surface area (Å²) in [5.74, 6) is 1.28. The number of hydrogen-bond donors (Lipinski definition) is 0. The number of sulfone groups is 1. The molecule has 0 atom stereocenters. The summed E-state index contributed by atoms with van der Waals surface area (Å²) in [6.07, 6.45) is 0. The van der Waals surface area contributed by atoms with Gasteiger partial charge in [0.25, 0.3) is 3.41 Å². The molecule has 7 heteroatoms. The molecule has 1 saturated heterocycles. The molecule has 0 amide bonds. The fourth-order valence-corrected chi connectivity index (χ4v) is 7.68. The molecule has 0 spiro atoms. The molecule has 0 bridgehead atoms. The van der Waals surface area contributed by atoms with Crippen LogP contribution in [0.3, 0.4) is 0 Å². The molecule has 0 unspecified atom stereocenters. The van der Waals surface area contributed by atoms with Crippen LogP contribution in [0.25, 0.3) is 0 Å². The van der Waals surface area contributed by atoms with Gasteiger partial charge in [0, 0.05) is 17.5 Å². The van der Waals surface area contributed by atoms with Crippen molar-refractivity contribution < 1.29 is 8.42 Å². The molecule has 0 N–H and O–H groups in total. The standard InChI is InChI=1S/C13H16N2O2S3/c1-15(2)11-8-18-13(10-14,19-9-11)20(16,17)12-6-4-3-5-7-12/h3-7,11H,8-9H2,1-2H3. The first-order chi connectivity index (χ1) is 9.43. The SMILES string of the molecule is CN(C)C1CSC(C#N)(S(=O)(=O)c2ccccc2)SC1. The first-order valence-corrected chi connectivity index (χ1v) is 9.53. The molecule has 2 rings (SSSR count). The van der Waals surface area contributed by atoms with E-state index >= 15 is 0 Å². The average Bonchev–Trinajstić information content (AvgIpc) is 2.48. The van der Waals surface area contributed by atoms with Gasteiger partial charge in [-0.05, 0) is 26.2 Å². The Morgan fingerprint density at radius 3 is 2.25 bits per heavy atom. The molecule has 1 aliphatic heterocycles. The van der Waals surface area contributed by atoms with Crippen molar-refractivity contribution in [3.63, 3.8) is 0 Å². The predicted molar refractivity (Wildman–Crippen MR) is 84.4 cm³/mol. The number of hydrogen-bond acceptors (Lipinski definition) is 6. The molecule has 0 saturated carbocycles. The van der Waals surface area contributed by atoms with E-state index in [1.54, 1.807) is 30.3 Å². The maximum absolute atomic E-state index is 12.7. The summed E-state index contributed by atoms with van der Waals surface area (Å²) < 4.78 is 24.0. The van der Waals surface area contributed by atoms with Crippen molar-refractivity contribution in [2.75, 3.05) is 25.6 Å². The van der Waals surface area contributed by atoms with Crippen molar-refractivity contribution in [2.24, 2.45) is 0 Å². The molecule has 20 heavy (non-hydrogen) atoms. The Hall–Kier alpha value is -0.680. The van der Waals surface area contributed by atoms with Gasteiger partial charge in [-0.1, -0.05) is 18.2 Å². The fraction of sp³-hybridized carbons (Fsp3) is 0.462. The summed E-state index contributed by atoms with van der Waals surface area (Å²) in [4.78, 5) is 2.28. The normalized spacial score (nSPS) is 27.2.